The molecule has 6 nitrogen and oxygen atoms in total. The molecule has 1 aliphatic heterocycles. The SMILES string of the molecule is COC(=O)C(=O)Nc1ccc2c(c1)NC(=O)CS2. The second-order valence-electron chi connectivity index (χ2n) is 3.49. The second kappa shape index (κ2) is 5.09. The van der Waals surface area contributed by atoms with E-state index in [-0.39, 0.29) is 5.91 Å². The molecule has 1 aliphatic rings. The molecule has 0 spiro atoms. The van der Waals surface area contributed by atoms with Crippen LogP contribution in [-0.4, -0.2) is 30.6 Å². The molecule has 2 amide bonds. The van der Waals surface area contributed by atoms with Crippen LogP contribution in [0.3, 0.4) is 0 Å². The predicted octanol–water partition coefficient (Wildman–Crippen LogP) is 0.842. The molecule has 0 aromatic heterocycles. The maximum atomic E-state index is 11.3. The number of hydrogen-bond acceptors (Lipinski definition) is 5. The van der Waals surface area contributed by atoms with Crippen molar-refractivity contribution >= 4 is 40.9 Å². The van der Waals surface area contributed by atoms with E-state index in [4.69, 9.17) is 0 Å². The molecule has 2 N–H and O–H groups in total. The van der Waals surface area contributed by atoms with Crippen LogP contribution in [0, 0.1) is 0 Å². The van der Waals surface area contributed by atoms with E-state index in [0.717, 1.165) is 12.0 Å². The van der Waals surface area contributed by atoms with E-state index in [9.17, 15) is 14.4 Å². The summed E-state index contributed by atoms with van der Waals surface area (Å²) in [5.74, 6) is -1.54. The number of hydrogen-bond donors (Lipinski definition) is 2. The van der Waals surface area contributed by atoms with E-state index < -0.39 is 11.9 Å². The minimum absolute atomic E-state index is 0.0936. The highest BCUT2D eigenvalue weighted by atomic mass is 32.2. The van der Waals surface area contributed by atoms with Crippen LogP contribution < -0.4 is 10.6 Å². The Morgan fingerprint density at radius 3 is 2.94 bits per heavy atom. The quantitative estimate of drug-likeness (QED) is 0.581. The summed E-state index contributed by atoms with van der Waals surface area (Å²) in [4.78, 5) is 34.4. The fraction of sp³-hybridized carbons (Fsp3) is 0.182. The Labute approximate surface area is 107 Å². The lowest BCUT2D eigenvalue weighted by Gasteiger charge is -2.17. The molecule has 1 aromatic carbocycles. The van der Waals surface area contributed by atoms with E-state index in [1.807, 2.05) is 0 Å². The number of anilines is 2. The molecule has 94 valence electrons. The Hall–Kier alpha value is -2.02. The summed E-state index contributed by atoms with van der Waals surface area (Å²) < 4.78 is 4.29. The number of rotatable bonds is 1. The molecule has 0 aliphatic carbocycles. The standard InChI is InChI=1S/C11H10N2O4S/c1-17-11(16)10(15)12-6-2-3-8-7(4-6)13-9(14)5-18-8/h2-4H,5H2,1H3,(H,12,15)(H,13,14). The van der Waals surface area contributed by atoms with E-state index in [0.29, 0.717) is 17.1 Å². The molecular formula is C11H10N2O4S. The van der Waals surface area contributed by atoms with Gasteiger partial charge >= 0.3 is 11.9 Å². The van der Waals surface area contributed by atoms with Crippen molar-refractivity contribution in [2.75, 3.05) is 23.5 Å². The molecule has 1 aromatic rings. The van der Waals surface area contributed by atoms with Gasteiger partial charge in [0.15, 0.2) is 0 Å². The minimum atomic E-state index is -0.967. The van der Waals surface area contributed by atoms with Crippen molar-refractivity contribution in [3.63, 3.8) is 0 Å². The van der Waals surface area contributed by atoms with Crippen LogP contribution in [0.1, 0.15) is 0 Å². The van der Waals surface area contributed by atoms with Crippen molar-refractivity contribution in [1.29, 1.82) is 0 Å². The Bertz CT molecular complexity index is 530. The fourth-order valence-electron chi connectivity index (χ4n) is 1.44. The summed E-state index contributed by atoms with van der Waals surface area (Å²) >= 11 is 1.42. The zero-order valence-electron chi connectivity index (χ0n) is 9.48. The highest BCUT2D eigenvalue weighted by Crippen LogP contribution is 2.33. The Morgan fingerprint density at radius 2 is 2.22 bits per heavy atom. The van der Waals surface area contributed by atoms with Gasteiger partial charge in [0.1, 0.15) is 0 Å². The lowest BCUT2D eigenvalue weighted by molar-refractivity contribution is -0.150. The number of benzene rings is 1. The molecule has 0 radical (unpaired) electrons. The number of carbonyl (C=O) groups is 3. The van der Waals surface area contributed by atoms with Gasteiger partial charge in [-0.2, -0.15) is 0 Å². The third-order valence-electron chi connectivity index (χ3n) is 2.24. The number of fused-ring (bicyclic) bond motifs is 1. The summed E-state index contributed by atoms with van der Waals surface area (Å²) in [5.41, 5.74) is 1.05. The first-order valence-corrected chi connectivity index (χ1v) is 6.04. The maximum Gasteiger partial charge on any atom is 0.396 e. The number of methoxy groups -OCH3 is 1. The van der Waals surface area contributed by atoms with Gasteiger partial charge in [0.2, 0.25) is 5.91 Å². The van der Waals surface area contributed by atoms with Gasteiger partial charge < -0.3 is 15.4 Å². The minimum Gasteiger partial charge on any atom is -0.462 e. The number of carbonyl (C=O) groups excluding carboxylic acids is 3. The lowest BCUT2D eigenvalue weighted by atomic mass is 10.2. The molecule has 0 fully saturated rings. The zero-order chi connectivity index (χ0) is 13.1. The molecule has 0 bridgehead atoms. The van der Waals surface area contributed by atoms with Gasteiger partial charge in [-0.05, 0) is 18.2 Å². The number of esters is 1. The average molecular weight is 266 g/mol. The third-order valence-corrected chi connectivity index (χ3v) is 3.31. The molecule has 1 heterocycles. The highest BCUT2D eigenvalue weighted by Gasteiger charge is 2.18. The normalized spacial score (nSPS) is 13.3. The van der Waals surface area contributed by atoms with Gasteiger partial charge in [-0.15, -0.1) is 11.8 Å². The van der Waals surface area contributed by atoms with Crippen LogP contribution >= 0.6 is 11.8 Å². The van der Waals surface area contributed by atoms with Crippen LogP contribution in [0.4, 0.5) is 11.4 Å². The van der Waals surface area contributed by atoms with Crippen molar-refractivity contribution in [2.45, 2.75) is 4.90 Å². The molecular weight excluding hydrogens is 256 g/mol. The topological polar surface area (TPSA) is 84.5 Å². The smallest absolute Gasteiger partial charge is 0.396 e. The Morgan fingerprint density at radius 1 is 1.44 bits per heavy atom. The van der Waals surface area contributed by atoms with Crippen molar-refractivity contribution in [3.8, 4) is 0 Å². The van der Waals surface area contributed by atoms with Crippen LogP contribution in [-0.2, 0) is 19.1 Å². The third kappa shape index (κ3) is 2.62. The molecule has 0 atom stereocenters. The first-order valence-electron chi connectivity index (χ1n) is 5.06. The largest absolute Gasteiger partial charge is 0.462 e. The molecule has 0 saturated heterocycles. The first kappa shape index (κ1) is 12.4. The number of thioether (sulfide) groups is 1. The summed E-state index contributed by atoms with van der Waals surface area (Å²) in [6, 6.07) is 5.02. The fourth-order valence-corrected chi connectivity index (χ4v) is 2.22. The van der Waals surface area contributed by atoms with Crippen molar-refractivity contribution in [2.24, 2.45) is 0 Å². The lowest BCUT2D eigenvalue weighted by Crippen LogP contribution is -2.24. The molecule has 18 heavy (non-hydrogen) atoms. The van der Waals surface area contributed by atoms with Crippen LogP contribution in [0.25, 0.3) is 0 Å². The summed E-state index contributed by atoms with van der Waals surface area (Å²) in [5, 5.41) is 5.07. The summed E-state index contributed by atoms with van der Waals surface area (Å²) in [6.45, 7) is 0. The van der Waals surface area contributed by atoms with Crippen molar-refractivity contribution in [1.82, 2.24) is 0 Å². The highest BCUT2D eigenvalue weighted by molar-refractivity contribution is 8.00. The van der Waals surface area contributed by atoms with Gasteiger partial charge in [-0.1, -0.05) is 0 Å². The van der Waals surface area contributed by atoms with Crippen molar-refractivity contribution in [3.05, 3.63) is 18.2 Å². The van der Waals surface area contributed by atoms with Crippen LogP contribution in [0.5, 0.6) is 0 Å². The van der Waals surface area contributed by atoms with E-state index in [1.165, 1.54) is 11.8 Å². The second-order valence-corrected chi connectivity index (χ2v) is 4.51. The van der Waals surface area contributed by atoms with Crippen molar-refractivity contribution < 1.29 is 19.1 Å². The monoisotopic (exact) mass is 266 g/mol. The van der Waals surface area contributed by atoms with E-state index in [1.54, 1.807) is 18.2 Å². The van der Waals surface area contributed by atoms with E-state index >= 15 is 0 Å². The summed E-state index contributed by atoms with van der Waals surface area (Å²) in [6.07, 6.45) is 0. The first-order chi connectivity index (χ1) is 8.60. The predicted molar refractivity (Wildman–Crippen MR) is 66.4 cm³/mol. The van der Waals surface area contributed by atoms with Gasteiger partial charge in [-0.25, -0.2) is 4.79 Å². The van der Waals surface area contributed by atoms with Gasteiger partial charge in [-0.3, -0.25) is 9.59 Å². The molecule has 0 saturated carbocycles. The number of ether oxygens (including phenoxy) is 1. The van der Waals surface area contributed by atoms with Crippen LogP contribution in [0.2, 0.25) is 0 Å². The summed E-state index contributed by atoms with van der Waals surface area (Å²) in [7, 11) is 1.13. The average Bonchev–Trinajstić information content (AvgIpc) is 2.37. The number of nitrogens with one attached hydrogen (secondary N) is 2. The van der Waals surface area contributed by atoms with Gasteiger partial charge in [0.25, 0.3) is 0 Å². The Kier molecular flexibility index (Phi) is 3.52. The Balaban J connectivity index is 2.16. The number of amides is 2. The van der Waals surface area contributed by atoms with Gasteiger partial charge in [0, 0.05) is 10.6 Å². The zero-order valence-corrected chi connectivity index (χ0v) is 10.3. The van der Waals surface area contributed by atoms with E-state index in [2.05, 4.69) is 15.4 Å². The molecule has 7 heteroatoms. The molecule has 0 unspecified atom stereocenters. The van der Waals surface area contributed by atoms with Crippen LogP contribution in [0.15, 0.2) is 23.1 Å². The van der Waals surface area contributed by atoms with Gasteiger partial charge in [0.05, 0.1) is 18.6 Å². The molecule has 2 rings (SSSR count). The maximum absolute atomic E-state index is 11.3.